The lowest BCUT2D eigenvalue weighted by molar-refractivity contribution is -0.120. The number of anilines is 1. The monoisotopic (exact) mass is 382 g/mol. The molecule has 2 rings (SSSR count). The average Bonchev–Trinajstić information content (AvgIpc) is 3.00. The summed E-state index contributed by atoms with van der Waals surface area (Å²) in [6.07, 6.45) is 0. The first-order valence-corrected chi connectivity index (χ1v) is 9.84. The number of nitrogens with one attached hydrogen (secondary N) is 2. The van der Waals surface area contributed by atoms with E-state index in [1.54, 1.807) is 12.1 Å². The van der Waals surface area contributed by atoms with Gasteiger partial charge in [-0.2, -0.15) is 0 Å². The van der Waals surface area contributed by atoms with Crippen LogP contribution in [0, 0.1) is 11.7 Å². The summed E-state index contributed by atoms with van der Waals surface area (Å²) in [5.41, 5.74) is 0.864. The normalized spacial score (nSPS) is 13.5. The molecule has 0 saturated heterocycles. The van der Waals surface area contributed by atoms with Gasteiger partial charge >= 0.3 is 0 Å². The van der Waals surface area contributed by atoms with Crippen molar-refractivity contribution in [3.05, 3.63) is 35.6 Å². The summed E-state index contributed by atoms with van der Waals surface area (Å²) in [7, 11) is 0. The third-order valence-electron chi connectivity index (χ3n) is 3.44. The van der Waals surface area contributed by atoms with Gasteiger partial charge < -0.3 is 10.6 Å². The third-order valence-corrected chi connectivity index (χ3v) is 5.51. The van der Waals surface area contributed by atoms with Crippen molar-refractivity contribution in [2.45, 2.75) is 43.3 Å². The van der Waals surface area contributed by atoms with Crippen LogP contribution in [0.3, 0.4) is 0 Å². The molecule has 1 amide bonds. The molecule has 1 heterocycles. The number of thioether (sulfide) groups is 1. The van der Waals surface area contributed by atoms with Crippen LogP contribution in [0.2, 0.25) is 0 Å². The second-order valence-corrected chi connectivity index (χ2v) is 8.76. The molecule has 1 aromatic carbocycles. The van der Waals surface area contributed by atoms with Crippen molar-refractivity contribution < 1.29 is 9.18 Å². The maximum absolute atomic E-state index is 13.0. The average molecular weight is 383 g/mol. The number of halogens is 1. The van der Waals surface area contributed by atoms with Gasteiger partial charge in [-0.05, 0) is 37.5 Å². The van der Waals surface area contributed by atoms with Gasteiger partial charge in [-0.3, -0.25) is 4.79 Å². The molecular formula is C17H23FN4OS2. The van der Waals surface area contributed by atoms with Crippen molar-refractivity contribution in [2.24, 2.45) is 5.92 Å². The molecule has 0 fully saturated rings. The predicted molar refractivity (Wildman–Crippen MR) is 102 cm³/mol. The first kappa shape index (κ1) is 19.7. The van der Waals surface area contributed by atoms with Crippen molar-refractivity contribution in [1.29, 1.82) is 0 Å². The number of nitrogens with zero attached hydrogens (tertiary/aromatic N) is 2. The van der Waals surface area contributed by atoms with Gasteiger partial charge in [0.05, 0.1) is 11.3 Å². The minimum absolute atomic E-state index is 0.0892. The SMILES string of the molecule is CC(C)CNc1nnc(S[C@H](C)C(=O)N[C@@H](C)c2ccc(F)cc2)s1. The van der Waals surface area contributed by atoms with Crippen molar-refractivity contribution in [1.82, 2.24) is 15.5 Å². The van der Waals surface area contributed by atoms with E-state index in [1.807, 2.05) is 13.8 Å². The lowest BCUT2D eigenvalue weighted by Crippen LogP contribution is -2.33. The quantitative estimate of drug-likeness (QED) is 0.673. The Bertz CT molecular complexity index is 690. The van der Waals surface area contributed by atoms with Crippen LogP contribution in [0.15, 0.2) is 28.6 Å². The van der Waals surface area contributed by atoms with Crippen LogP contribution in [0.4, 0.5) is 9.52 Å². The molecule has 136 valence electrons. The standard InChI is InChI=1S/C17H23FN4OS2/c1-10(2)9-19-16-21-22-17(25-16)24-12(4)15(23)20-11(3)13-5-7-14(18)8-6-13/h5-8,10-12H,9H2,1-4H3,(H,19,21)(H,20,23)/t11-,12+/m0/s1. The van der Waals surface area contributed by atoms with Crippen LogP contribution in [0.5, 0.6) is 0 Å². The third kappa shape index (κ3) is 6.28. The Labute approximate surface area is 155 Å². The fourth-order valence-electron chi connectivity index (χ4n) is 1.99. The number of benzene rings is 1. The van der Waals surface area contributed by atoms with Gasteiger partial charge in [-0.1, -0.05) is 49.1 Å². The van der Waals surface area contributed by atoms with Crippen LogP contribution in [0.1, 0.15) is 39.3 Å². The van der Waals surface area contributed by atoms with Crippen LogP contribution < -0.4 is 10.6 Å². The molecule has 0 unspecified atom stereocenters. The van der Waals surface area contributed by atoms with Crippen molar-refractivity contribution in [3.63, 3.8) is 0 Å². The Hall–Kier alpha value is -1.67. The summed E-state index contributed by atoms with van der Waals surface area (Å²) in [6.45, 7) is 8.79. The van der Waals surface area contributed by atoms with Gasteiger partial charge in [0, 0.05) is 6.54 Å². The largest absolute Gasteiger partial charge is 0.360 e. The van der Waals surface area contributed by atoms with Crippen LogP contribution in [0.25, 0.3) is 0 Å². The van der Waals surface area contributed by atoms with Gasteiger partial charge in [0.1, 0.15) is 5.82 Å². The molecular weight excluding hydrogens is 359 g/mol. The number of hydrogen-bond donors (Lipinski definition) is 2. The van der Waals surface area contributed by atoms with E-state index in [9.17, 15) is 9.18 Å². The number of rotatable bonds is 8. The Morgan fingerprint density at radius 1 is 1.20 bits per heavy atom. The minimum atomic E-state index is -0.297. The van der Waals surface area contributed by atoms with Gasteiger partial charge in [-0.25, -0.2) is 4.39 Å². The van der Waals surface area contributed by atoms with Crippen molar-refractivity contribution in [3.8, 4) is 0 Å². The molecule has 1 aromatic heterocycles. The molecule has 0 aliphatic carbocycles. The zero-order valence-corrected chi connectivity index (χ0v) is 16.4. The van der Waals surface area contributed by atoms with Gasteiger partial charge in [0.15, 0.2) is 4.34 Å². The summed E-state index contributed by atoms with van der Waals surface area (Å²) >= 11 is 2.82. The predicted octanol–water partition coefficient (Wildman–Crippen LogP) is 4.10. The molecule has 0 spiro atoms. The zero-order valence-electron chi connectivity index (χ0n) is 14.7. The lowest BCUT2D eigenvalue weighted by Gasteiger charge is -2.17. The molecule has 2 aromatic rings. The van der Waals surface area contributed by atoms with E-state index < -0.39 is 0 Å². The molecule has 0 saturated carbocycles. The molecule has 2 N–H and O–H groups in total. The van der Waals surface area contributed by atoms with E-state index in [1.165, 1.54) is 35.2 Å². The maximum Gasteiger partial charge on any atom is 0.233 e. The number of aromatic nitrogens is 2. The molecule has 0 aliphatic rings. The fraction of sp³-hybridized carbons (Fsp3) is 0.471. The second kappa shape index (κ2) is 9.15. The summed E-state index contributed by atoms with van der Waals surface area (Å²) in [5, 5.41) is 14.8. The maximum atomic E-state index is 13.0. The van der Waals surface area contributed by atoms with E-state index >= 15 is 0 Å². The Balaban J connectivity index is 1.86. The minimum Gasteiger partial charge on any atom is -0.360 e. The number of amides is 1. The van der Waals surface area contributed by atoms with Crippen LogP contribution in [-0.4, -0.2) is 27.9 Å². The number of hydrogen-bond acceptors (Lipinski definition) is 6. The molecule has 0 radical (unpaired) electrons. The summed E-state index contributed by atoms with van der Waals surface area (Å²) in [6, 6.07) is 5.95. The van der Waals surface area contributed by atoms with E-state index in [0.29, 0.717) is 5.92 Å². The van der Waals surface area contributed by atoms with E-state index in [0.717, 1.165) is 21.6 Å². The first-order chi connectivity index (χ1) is 11.8. The molecule has 0 aliphatic heterocycles. The smallest absolute Gasteiger partial charge is 0.233 e. The topological polar surface area (TPSA) is 66.9 Å². The molecule has 0 bridgehead atoms. The highest BCUT2D eigenvalue weighted by Gasteiger charge is 2.19. The number of carbonyl (C=O) groups is 1. The summed E-state index contributed by atoms with van der Waals surface area (Å²) in [5.74, 6) is 0.149. The van der Waals surface area contributed by atoms with Crippen molar-refractivity contribution in [2.75, 3.05) is 11.9 Å². The Kier molecular flexibility index (Phi) is 7.19. The van der Waals surface area contributed by atoms with Crippen LogP contribution >= 0.6 is 23.1 Å². The fourth-order valence-corrected chi connectivity index (χ4v) is 3.90. The molecule has 8 heteroatoms. The number of carbonyl (C=O) groups excluding carboxylic acids is 1. The lowest BCUT2D eigenvalue weighted by atomic mass is 10.1. The van der Waals surface area contributed by atoms with E-state index in [4.69, 9.17) is 0 Å². The molecule has 25 heavy (non-hydrogen) atoms. The highest BCUT2D eigenvalue weighted by atomic mass is 32.2. The Morgan fingerprint density at radius 3 is 2.52 bits per heavy atom. The van der Waals surface area contributed by atoms with Gasteiger partial charge in [0.2, 0.25) is 11.0 Å². The van der Waals surface area contributed by atoms with Gasteiger partial charge in [-0.15, -0.1) is 10.2 Å². The molecule has 2 atom stereocenters. The first-order valence-electron chi connectivity index (χ1n) is 8.15. The van der Waals surface area contributed by atoms with E-state index in [2.05, 4.69) is 34.7 Å². The second-order valence-electron chi connectivity index (χ2n) is 6.19. The van der Waals surface area contributed by atoms with E-state index in [-0.39, 0.29) is 23.0 Å². The molecule has 5 nitrogen and oxygen atoms in total. The highest BCUT2D eigenvalue weighted by molar-refractivity contribution is 8.02. The summed E-state index contributed by atoms with van der Waals surface area (Å²) < 4.78 is 13.7. The zero-order chi connectivity index (χ0) is 18.4. The Morgan fingerprint density at radius 2 is 1.88 bits per heavy atom. The van der Waals surface area contributed by atoms with Crippen LogP contribution in [-0.2, 0) is 4.79 Å². The van der Waals surface area contributed by atoms with Crippen molar-refractivity contribution >= 4 is 34.1 Å². The van der Waals surface area contributed by atoms with Gasteiger partial charge in [0.25, 0.3) is 0 Å². The highest BCUT2D eigenvalue weighted by Crippen LogP contribution is 2.29. The summed E-state index contributed by atoms with van der Waals surface area (Å²) in [4.78, 5) is 12.4.